The lowest BCUT2D eigenvalue weighted by atomic mass is 10.1. The Morgan fingerprint density at radius 2 is 2.16 bits per heavy atom. The van der Waals surface area contributed by atoms with Gasteiger partial charge in [-0.1, -0.05) is 0 Å². The maximum absolute atomic E-state index is 9.52. The van der Waals surface area contributed by atoms with Crippen LogP contribution in [0.15, 0.2) is 30.7 Å². The van der Waals surface area contributed by atoms with Crippen LogP contribution in [0.1, 0.15) is 12.8 Å². The van der Waals surface area contributed by atoms with Gasteiger partial charge in [-0.15, -0.1) is 0 Å². The molecule has 0 aliphatic carbocycles. The fourth-order valence-corrected chi connectivity index (χ4v) is 2.23. The third kappa shape index (κ3) is 2.85. The second kappa shape index (κ2) is 5.27. The van der Waals surface area contributed by atoms with Crippen LogP contribution >= 0.6 is 0 Å². The molecule has 0 bridgehead atoms. The number of aliphatic hydroxyl groups is 1. The summed E-state index contributed by atoms with van der Waals surface area (Å²) in [5, 5.41) is 12.7. The lowest BCUT2D eigenvalue weighted by molar-refractivity contribution is 0.145. The number of aliphatic hydroxyl groups excluding tert-OH is 1. The van der Waals surface area contributed by atoms with E-state index in [1.165, 1.54) is 0 Å². The first-order chi connectivity index (χ1) is 9.31. The maximum Gasteiger partial charge on any atom is 0.136 e. The number of nitrogens with zero attached hydrogens (tertiary/aromatic N) is 3. The minimum Gasteiger partial charge on any atom is -0.393 e. The van der Waals surface area contributed by atoms with Crippen molar-refractivity contribution in [3.8, 4) is 0 Å². The summed E-state index contributed by atoms with van der Waals surface area (Å²) in [4.78, 5) is 13.8. The summed E-state index contributed by atoms with van der Waals surface area (Å²) in [6, 6.07) is 5.80. The molecule has 6 nitrogen and oxygen atoms in total. The van der Waals surface area contributed by atoms with Crippen LogP contribution in [0.2, 0.25) is 0 Å². The van der Waals surface area contributed by atoms with Crippen molar-refractivity contribution < 1.29 is 5.11 Å². The van der Waals surface area contributed by atoms with Crippen molar-refractivity contribution in [2.45, 2.75) is 18.9 Å². The summed E-state index contributed by atoms with van der Waals surface area (Å²) >= 11 is 0. The van der Waals surface area contributed by atoms with Gasteiger partial charge in [0.2, 0.25) is 0 Å². The smallest absolute Gasteiger partial charge is 0.136 e. The quantitative estimate of drug-likeness (QED) is 0.779. The van der Waals surface area contributed by atoms with Crippen molar-refractivity contribution in [1.29, 1.82) is 0 Å². The van der Waals surface area contributed by atoms with Crippen LogP contribution in [0.25, 0.3) is 0 Å². The van der Waals surface area contributed by atoms with E-state index in [1.54, 1.807) is 6.33 Å². The van der Waals surface area contributed by atoms with E-state index in [4.69, 9.17) is 0 Å². The van der Waals surface area contributed by atoms with Crippen LogP contribution in [-0.4, -0.2) is 39.3 Å². The molecule has 2 aromatic heterocycles. The minimum atomic E-state index is -0.172. The van der Waals surface area contributed by atoms with Gasteiger partial charge in [0.05, 0.1) is 6.10 Å². The Bertz CT molecular complexity index is 520. The fourth-order valence-electron chi connectivity index (χ4n) is 2.23. The molecule has 3 rings (SSSR count). The van der Waals surface area contributed by atoms with Crippen molar-refractivity contribution in [3.05, 3.63) is 30.7 Å². The van der Waals surface area contributed by atoms with E-state index < -0.39 is 0 Å². The number of anilines is 3. The number of piperidine rings is 1. The Balaban J connectivity index is 1.72. The highest BCUT2D eigenvalue weighted by Crippen LogP contribution is 2.20. The lowest BCUT2D eigenvalue weighted by Gasteiger charge is -2.30. The molecule has 0 unspecified atom stereocenters. The Labute approximate surface area is 111 Å². The van der Waals surface area contributed by atoms with E-state index in [0.717, 1.165) is 43.4 Å². The molecule has 0 aromatic carbocycles. The van der Waals surface area contributed by atoms with Gasteiger partial charge in [0.1, 0.15) is 23.8 Å². The predicted octanol–water partition coefficient (Wildman–Crippen LogP) is 1.51. The highest BCUT2D eigenvalue weighted by molar-refractivity contribution is 5.56. The first kappa shape index (κ1) is 12.0. The maximum atomic E-state index is 9.52. The molecule has 1 saturated heterocycles. The number of H-pyrrole nitrogens is 1. The van der Waals surface area contributed by atoms with Gasteiger partial charge in [-0.3, -0.25) is 0 Å². The molecular formula is C13H17N5O. The van der Waals surface area contributed by atoms with Gasteiger partial charge in [0, 0.05) is 25.4 Å². The van der Waals surface area contributed by atoms with Crippen molar-refractivity contribution in [2.75, 3.05) is 23.3 Å². The molecule has 1 aliphatic rings. The standard InChI is InChI=1S/C13H17N5O/c19-10-3-6-18(7-4-10)13-8-12(15-9-16-13)17-11-2-1-5-14-11/h1-2,5,8-10,14,19H,3-4,6-7H2,(H,15,16,17). The molecule has 6 heteroatoms. The third-order valence-electron chi connectivity index (χ3n) is 3.30. The molecule has 100 valence electrons. The van der Waals surface area contributed by atoms with Gasteiger partial charge in [0.25, 0.3) is 0 Å². The van der Waals surface area contributed by atoms with E-state index >= 15 is 0 Å². The summed E-state index contributed by atoms with van der Waals surface area (Å²) in [7, 11) is 0. The second-order valence-electron chi connectivity index (χ2n) is 4.69. The summed E-state index contributed by atoms with van der Waals surface area (Å²) in [5.74, 6) is 2.56. The fraction of sp³-hybridized carbons (Fsp3) is 0.385. The summed E-state index contributed by atoms with van der Waals surface area (Å²) in [6.07, 6.45) is 4.84. The van der Waals surface area contributed by atoms with E-state index in [0.29, 0.717) is 0 Å². The van der Waals surface area contributed by atoms with Gasteiger partial charge < -0.3 is 20.3 Å². The third-order valence-corrected chi connectivity index (χ3v) is 3.30. The molecule has 3 heterocycles. The monoisotopic (exact) mass is 259 g/mol. The zero-order valence-electron chi connectivity index (χ0n) is 10.6. The molecule has 1 fully saturated rings. The molecule has 3 N–H and O–H groups in total. The molecule has 1 aliphatic heterocycles. The van der Waals surface area contributed by atoms with Crippen molar-refractivity contribution in [2.24, 2.45) is 0 Å². The van der Waals surface area contributed by atoms with Crippen LogP contribution in [0.4, 0.5) is 17.5 Å². The molecular weight excluding hydrogens is 242 g/mol. The number of rotatable bonds is 3. The number of nitrogens with one attached hydrogen (secondary N) is 2. The second-order valence-corrected chi connectivity index (χ2v) is 4.69. The highest BCUT2D eigenvalue weighted by Gasteiger charge is 2.18. The van der Waals surface area contributed by atoms with Crippen LogP contribution < -0.4 is 10.2 Å². The summed E-state index contributed by atoms with van der Waals surface area (Å²) in [6.45, 7) is 1.67. The SMILES string of the molecule is OC1CCN(c2cc(Nc3ccc[nH]3)ncn2)CC1. The Morgan fingerprint density at radius 1 is 1.32 bits per heavy atom. The average molecular weight is 259 g/mol. The van der Waals surface area contributed by atoms with E-state index in [1.807, 2.05) is 24.4 Å². The molecule has 0 atom stereocenters. The van der Waals surface area contributed by atoms with E-state index in [2.05, 4.69) is 25.2 Å². The number of hydrogen-bond donors (Lipinski definition) is 3. The van der Waals surface area contributed by atoms with Crippen molar-refractivity contribution in [3.63, 3.8) is 0 Å². The van der Waals surface area contributed by atoms with Gasteiger partial charge in [-0.05, 0) is 25.0 Å². The minimum absolute atomic E-state index is 0.172. The van der Waals surface area contributed by atoms with Gasteiger partial charge in [-0.25, -0.2) is 9.97 Å². The first-order valence-corrected chi connectivity index (χ1v) is 6.47. The normalized spacial score (nSPS) is 16.6. The van der Waals surface area contributed by atoms with Crippen LogP contribution in [-0.2, 0) is 0 Å². The largest absolute Gasteiger partial charge is 0.393 e. The van der Waals surface area contributed by atoms with Crippen LogP contribution in [0, 0.1) is 0 Å². The summed E-state index contributed by atoms with van der Waals surface area (Å²) in [5.41, 5.74) is 0. The molecule has 0 spiro atoms. The van der Waals surface area contributed by atoms with E-state index in [-0.39, 0.29) is 6.10 Å². The van der Waals surface area contributed by atoms with Gasteiger partial charge in [0.15, 0.2) is 0 Å². The molecule has 2 aromatic rings. The number of aromatic nitrogens is 3. The predicted molar refractivity (Wildman–Crippen MR) is 73.6 cm³/mol. The van der Waals surface area contributed by atoms with Crippen LogP contribution in [0.3, 0.4) is 0 Å². The van der Waals surface area contributed by atoms with Gasteiger partial charge >= 0.3 is 0 Å². The van der Waals surface area contributed by atoms with Crippen molar-refractivity contribution in [1.82, 2.24) is 15.0 Å². The topological polar surface area (TPSA) is 77.1 Å². The summed E-state index contributed by atoms with van der Waals surface area (Å²) < 4.78 is 0. The van der Waals surface area contributed by atoms with Crippen molar-refractivity contribution >= 4 is 17.5 Å². The first-order valence-electron chi connectivity index (χ1n) is 6.47. The van der Waals surface area contributed by atoms with Crippen LogP contribution in [0.5, 0.6) is 0 Å². The number of aromatic amines is 1. The average Bonchev–Trinajstić information content (AvgIpc) is 2.93. The lowest BCUT2D eigenvalue weighted by Crippen LogP contribution is -2.36. The zero-order valence-corrected chi connectivity index (χ0v) is 10.6. The molecule has 19 heavy (non-hydrogen) atoms. The zero-order chi connectivity index (χ0) is 13.1. The Morgan fingerprint density at radius 3 is 2.89 bits per heavy atom. The molecule has 0 radical (unpaired) electrons. The number of hydrogen-bond acceptors (Lipinski definition) is 5. The van der Waals surface area contributed by atoms with Gasteiger partial charge in [-0.2, -0.15) is 0 Å². The molecule has 0 amide bonds. The Hall–Kier alpha value is -2.08. The Kier molecular flexibility index (Phi) is 3.33. The molecule has 0 saturated carbocycles. The van der Waals surface area contributed by atoms with E-state index in [9.17, 15) is 5.11 Å². The highest BCUT2D eigenvalue weighted by atomic mass is 16.3.